The molecule has 0 aliphatic carbocycles. The SMILES string of the molecule is CCCCCCCCCCCCCCCCC(=O)C[C@H](C)OC(C)=O. The molecule has 1 atom stereocenters. The molecule has 0 heterocycles. The van der Waals surface area contributed by atoms with Gasteiger partial charge in [0.25, 0.3) is 0 Å². The second-order valence-corrected chi connectivity index (χ2v) is 7.51. The van der Waals surface area contributed by atoms with Crippen LogP contribution in [0.2, 0.25) is 0 Å². The third-order valence-corrected chi connectivity index (χ3v) is 4.69. The molecule has 0 amide bonds. The van der Waals surface area contributed by atoms with Crippen molar-refractivity contribution in [1.82, 2.24) is 0 Å². The summed E-state index contributed by atoms with van der Waals surface area (Å²) in [7, 11) is 0. The lowest BCUT2D eigenvalue weighted by Crippen LogP contribution is -2.16. The molecule has 3 nitrogen and oxygen atoms in total. The first-order chi connectivity index (χ1) is 12.1. The van der Waals surface area contributed by atoms with E-state index in [1.54, 1.807) is 6.92 Å². The maximum absolute atomic E-state index is 11.8. The van der Waals surface area contributed by atoms with Gasteiger partial charge in [0.1, 0.15) is 11.9 Å². The Morgan fingerprint density at radius 1 is 0.720 bits per heavy atom. The highest BCUT2D eigenvalue weighted by atomic mass is 16.5. The van der Waals surface area contributed by atoms with E-state index in [0.29, 0.717) is 12.8 Å². The predicted molar refractivity (Wildman–Crippen MR) is 106 cm³/mol. The second kappa shape index (κ2) is 17.9. The first kappa shape index (κ1) is 24.1. The van der Waals surface area contributed by atoms with Crippen LogP contribution in [0.3, 0.4) is 0 Å². The molecule has 0 aromatic rings. The molecule has 0 aliphatic heterocycles. The molecule has 0 bridgehead atoms. The average Bonchev–Trinajstić information content (AvgIpc) is 2.54. The molecule has 0 spiro atoms. The van der Waals surface area contributed by atoms with E-state index in [4.69, 9.17) is 4.74 Å². The third kappa shape index (κ3) is 19.3. The maximum Gasteiger partial charge on any atom is 0.302 e. The Morgan fingerprint density at radius 2 is 1.12 bits per heavy atom. The fraction of sp³-hybridized carbons (Fsp3) is 0.909. The number of rotatable bonds is 18. The van der Waals surface area contributed by atoms with E-state index in [1.165, 1.54) is 84.0 Å². The van der Waals surface area contributed by atoms with Crippen molar-refractivity contribution >= 4 is 11.8 Å². The van der Waals surface area contributed by atoms with Crippen LogP contribution in [-0.2, 0) is 14.3 Å². The molecule has 0 radical (unpaired) electrons. The standard InChI is InChI=1S/C22H42O3/c1-4-5-6-7-8-9-10-11-12-13-14-15-16-17-18-22(24)19-20(2)25-21(3)23/h20H,4-19H2,1-3H3/t20-/m0/s1. The van der Waals surface area contributed by atoms with E-state index in [-0.39, 0.29) is 17.9 Å². The van der Waals surface area contributed by atoms with Crippen LogP contribution in [0.4, 0.5) is 0 Å². The Bertz CT molecular complexity index is 325. The van der Waals surface area contributed by atoms with Crippen molar-refractivity contribution < 1.29 is 14.3 Å². The van der Waals surface area contributed by atoms with Crippen LogP contribution in [0.1, 0.15) is 124 Å². The van der Waals surface area contributed by atoms with E-state index in [1.807, 2.05) is 0 Å². The number of ketones is 1. The highest BCUT2D eigenvalue weighted by Gasteiger charge is 2.11. The topological polar surface area (TPSA) is 43.4 Å². The van der Waals surface area contributed by atoms with E-state index in [2.05, 4.69) is 6.92 Å². The fourth-order valence-electron chi connectivity index (χ4n) is 3.26. The number of Topliss-reactive ketones (excluding diaryl/α,β-unsaturated/α-hetero) is 1. The first-order valence-electron chi connectivity index (χ1n) is 10.7. The van der Waals surface area contributed by atoms with E-state index in [0.717, 1.165) is 12.8 Å². The smallest absolute Gasteiger partial charge is 0.302 e. The molecule has 0 unspecified atom stereocenters. The Morgan fingerprint density at radius 3 is 1.52 bits per heavy atom. The predicted octanol–water partition coefficient (Wildman–Crippen LogP) is 6.77. The largest absolute Gasteiger partial charge is 0.462 e. The molecule has 3 heteroatoms. The summed E-state index contributed by atoms with van der Waals surface area (Å²) in [6.45, 7) is 5.43. The Hall–Kier alpha value is -0.860. The van der Waals surface area contributed by atoms with Crippen molar-refractivity contribution in [2.24, 2.45) is 0 Å². The lowest BCUT2D eigenvalue weighted by atomic mass is 10.0. The number of carbonyl (C=O) groups excluding carboxylic acids is 2. The molecule has 148 valence electrons. The molecular formula is C22H42O3. The van der Waals surface area contributed by atoms with Gasteiger partial charge in [0.15, 0.2) is 0 Å². The normalized spacial score (nSPS) is 12.1. The van der Waals surface area contributed by atoms with Gasteiger partial charge in [0.05, 0.1) is 0 Å². The zero-order valence-corrected chi connectivity index (χ0v) is 17.1. The Kier molecular flexibility index (Phi) is 17.3. The lowest BCUT2D eigenvalue weighted by molar-refractivity contribution is -0.146. The van der Waals surface area contributed by atoms with Crippen LogP contribution >= 0.6 is 0 Å². The van der Waals surface area contributed by atoms with Crippen molar-refractivity contribution in [3.8, 4) is 0 Å². The number of unbranched alkanes of at least 4 members (excludes halogenated alkanes) is 13. The van der Waals surface area contributed by atoms with Gasteiger partial charge in [-0.05, 0) is 13.3 Å². The van der Waals surface area contributed by atoms with Crippen LogP contribution < -0.4 is 0 Å². The minimum absolute atomic E-state index is 0.215. The monoisotopic (exact) mass is 354 g/mol. The summed E-state index contributed by atoms with van der Waals surface area (Å²) in [5, 5.41) is 0. The van der Waals surface area contributed by atoms with Crippen molar-refractivity contribution in [2.75, 3.05) is 0 Å². The Balaban J connectivity index is 3.23. The van der Waals surface area contributed by atoms with Gasteiger partial charge in [-0.2, -0.15) is 0 Å². The van der Waals surface area contributed by atoms with Crippen LogP contribution in [0.5, 0.6) is 0 Å². The number of hydrogen-bond donors (Lipinski definition) is 0. The van der Waals surface area contributed by atoms with Gasteiger partial charge in [-0.3, -0.25) is 9.59 Å². The zero-order chi connectivity index (χ0) is 18.8. The van der Waals surface area contributed by atoms with Gasteiger partial charge < -0.3 is 4.74 Å². The van der Waals surface area contributed by atoms with Crippen molar-refractivity contribution in [2.45, 2.75) is 130 Å². The minimum Gasteiger partial charge on any atom is -0.462 e. The van der Waals surface area contributed by atoms with Crippen LogP contribution in [0.15, 0.2) is 0 Å². The molecule has 0 saturated heterocycles. The van der Waals surface area contributed by atoms with Crippen molar-refractivity contribution in [3.63, 3.8) is 0 Å². The van der Waals surface area contributed by atoms with Gasteiger partial charge in [-0.15, -0.1) is 0 Å². The molecule has 0 N–H and O–H groups in total. The number of ether oxygens (including phenoxy) is 1. The van der Waals surface area contributed by atoms with E-state index in [9.17, 15) is 9.59 Å². The minimum atomic E-state index is -0.309. The van der Waals surface area contributed by atoms with Gasteiger partial charge in [0, 0.05) is 19.8 Å². The molecular weight excluding hydrogens is 312 g/mol. The molecule has 0 rings (SSSR count). The lowest BCUT2D eigenvalue weighted by Gasteiger charge is -2.10. The third-order valence-electron chi connectivity index (χ3n) is 4.69. The van der Waals surface area contributed by atoms with E-state index >= 15 is 0 Å². The average molecular weight is 355 g/mol. The summed E-state index contributed by atoms with van der Waals surface area (Å²) >= 11 is 0. The summed E-state index contributed by atoms with van der Waals surface area (Å²) in [6.07, 6.45) is 19.3. The van der Waals surface area contributed by atoms with E-state index < -0.39 is 0 Å². The highest BCUT2D eigenvalue weighted by Crippen LogP contribution is 2.14. The Labute approximate surface area is 156 Å². The van der Waals surface area contributed by atoms with Crippen molar-refractivity contribution in [3.05, 3.63) is 0 Å². The van der Waals surface area contributed by atoms with Crippen LogP contribution in [0, 0.1) is 0 Å². The number of esters is 1. The zero-order valence-electron chi connectivity index (χ0n) is 17.1. The van der Waals surface area contributed by atoms with Crippen molar-refractivity contribution in [1.29, 1.82) is 0 Å². The first-order valence-corrected chi connectivity index (χ1v) is 10.7. The van der Waals surface area contributed by atoms with Gasteiger partial charge in [-0.25, -0.2) is 0 Å². The van der Waals surface area contributed by atoms with Crippen LogP contribution in [-0.4, -0.2) is 17.9 Å². The molecule has 0 saturated carbocycles. The quantitative estimate of drug-likeness (QED) is 0.201. The number of hydrogen-bond acceptors (Lipinski definition) is 3. The summed E-state index contributed by atoms with van der Waals surface area (Å²) in [4.78, 5) is 22.6. The molecule has 0 aromatic carbocycles. The summed E-state index contributed by atoms with van der Waals surface area (Å²) < 4.78 is 4.99. The van der Waals surface area contributed by atoms with Gasteiger partial charge >= 0.3 is 5.97 Å². The molecule has 0 fully saturated rings. The summed E-state index contributed by atoms with van der Waals surface area (Å²) in [6, 6.07) is 0. The second-order valence-electron chi connectivity index (χ2n) is 7.51. The number of carbonyl (C=O) groups is 2. The maximum atomic E-state index is 11.8. The molecule has 0 aliphatic rings. The van der Waals surface area contributed by atoms with Gasteiger partial charge in [-0.1, -0.05) is 90.4 Å². The summed E-state index contributed by atoms with van der Waals surface area (Å²) in [5.74, 6) is -0.0931. The highest BCUT2D eigenvalue weighted by molar-refractivity contribution is 5.79. The van der Waals surface area contributed by atoms with Gasteiger partial charge in [0.2, 0.25) is 0 Å². The molecule has 25 heavy (non-hydrogen) atoms. The fourth-order valence-corrected chi connectivity index (χ4v) is 3.26. The summed E-state index contributed by atoms with van der Waals surface area (Å²) in [5.41, 5.74) is 0. The molecule has 0 aromatic heterocycles. The van der Waals surface area contributed by atoms with Crippen LogP contribution in [0.25, 0.3) is 0 Å².